The summed E-state index contributed by atoms with van der Waals surface area (Å²) >= 11 is 4.80. The van der Waals surface area contributed by atoms with Gasteiger partial charge < -0.3 is 4.74 Å². The second-order valence-corrected chi connectivity index (χ2v) is 6.71. The summed E-state index contributed by atoms with van der Waals surface area (Å²) in [5, 5.41) is 12.0. The monoisotopic (exact) mass is 369 g/mol. The van der Waals surface area contributed by atoms with Crippen LogP contribution in [0.3, 0.4) is 0 Å². The van der Waals surface area contributed by atoms with Gasteiger partial charge in [-0.25, -0.2) is 0 Å². The standard InChI is InChI=1S/C14H16BrN3O2S/c1-8(2)13-17-18-14(21-13)16-12(19)7-20-10-4-5-11(15)9(3)6-10/h4-6,8H,7H2,1-3H3,(H,16,18,19). The first-order valence-electron chi connectivity index (χ1n) is 6.48. The number of hydrogen-bond acceptors (Lipinski definition) is 5. The van der Waals surface area contributed by atoms with Crippen LogP contribution in [-0.4, -0.2) is 22.7 Å². The van der Waals surface area contributed by atoms with Crippen LogP contribution in [0.1, 0.15) is 30.3 Å². The normalized spacial score (nSPS) is 10.7. The molecule has 0 fully saturated rings. The van der Waals surface area contributed by atoms with Gasteiger partial charge in [-0.3, -0.25) is 10.1 Å². The molecule has 0 saturated carbocycles. The fourth-order valence-electron chi connectivity index (χ4n) is 1.53. The van der Waals surface area contributed by atoms with Crippen LogP contribution in [0.2, 0.25) is 0 Å². The molecule has 1 amide bonds. The molecular weight excluding hydrogens is 354 g/mol. The minimum atomic E-state index is -0.248. The number of aryl methyl sites for hydroxylation is 1. The van der Waals surface area contributed by atoms with Crippen molar-refractivity contribution in [2.75, 3.05) is 11.9 Å². The molecule has 5 nitrogen and oxygen atoms in total. The van der Waals surface area contributed by atoms with Crippen LogP contribution in [0.5, 0.6) is 5.75 Å². The lowest BCUT2D eigenvalue weighted by molar-refractivity contribution is -0.118. The van der Waals surface area contributed by atoms with Crippen molar-refractivity contribution in [1.29, 1.82) is 0 Å². The summed E-state index contributed by atoms with van der Waals surface area (Å²) in [5.41, 5.74) is 1.05. The van der Waals surface area contributed by atoms with E-state index in [1.807, 2.05) is 39.0 Å². The Balaban J connectivity index is 1.88. The molecule has 7 heteroatoms. The number of aromatic nitrogens is 2. The molecule has 1 heterocycles. The van der Waals surface area contributed by atoms with Crippen molar-refractivity contribution in [3.8, 4) is 5.75 Å². The topological polar surface area (TPSA) is 64.1 Å². The molecular formula is C14H16BrN3O2S. The molecule has 1 N–H and O–H groups in total. The molecule has 1 aromatic heterocycles. The summed E-state index contributed by atoms with van der Waals surface area (Å²) in [5.74, 6) is 0.711. The maximum atomic E-state index is 11.8. The van der Waals surface area contributed by atoms with Gasteiger partial charge in [-0.1, -0.05) is 41.1 Å². The van der Waals surface area contributed by atoms with Crippen molar-refractivity contribution in [1.82, 2.24) is 10.2 Å². The number of carbonyl (C=O) groups is 1. The van der Waals surface area contributed by atoms with Gasteiger partial charge in [0.1, 0.15) is 10.8 Å². The lowest BCUT2D eigenvalue weighted by Gasteiger charge is -2.07. The summed E-state index contributed by atoms with van der Waals surface area (Å²) in [6.07, 6.45) is 0. The van der Waals surface area contributed by atoms with Crippen molar-refractivity contribution >= 4 is 38.3 Å². The van der Waals surface area contributed by atoms with E-state index in [2.05, 4.69) is 31.4 Å². The van der Waals surface area contributed by atoms with Crippen LogP contribution in [0.15, 0.2) is 22.7 Å². The zero-order valence-electron chi connectivity index (χ0n) is 12.0. The number of anilines is 1. The van der Waals surface area contributed by atoms with E-state index in [0.29, 0.717) is 16.8 Å². The predicted octanol–water partition coefficient (Wildman–Crippen LogP) is 3.75. The lowest BCUT2D eigenvalue weighted by Crippen LogP contribution is -2.20. The third-order valence-electron chi connectivity index (χ3n) is 2.68. The van der Waals surface area contributed by atoms with Crippen molar-refractivity contribution in [3.05, 3.63) is 33.2 Å². The molecule has 2 aromatic rings. The Hall–Kier alpha value is -1.47. The Kier molecular flexibility index (Phi) is 5.30. The average molecular weight is 370 g/mol. The maximum Gasteiger partial charge on any atom is 0.264 e. The Morgan fingerprint density at radius 3 is 2.81 bits per heavy atom. The summed E-state index contributed by atoms with van der Waals surface area (Å²) in [7, 11) is 0. The van der Waals surface area contributed by atoms with Gasteiger partial charge in [0.15, 0.2) is 6.61 Å². The van der Waals surface area contributed by atoms with Crippen LogP contribution >= 0.6 is 27.3 Å². The van der Waals surface area contributed by atoms with Crippen LogP contribution in [0.25, 0.3) is 0 Å². The highest BCUT2D eigenvalue weighted by Crippen LogP contribution is 2.23. The van der Waals surface area contributed by atoms with Gasteiger partial charge in [-0.2, -0.15) is 0 Å². The minimum Gasteiger partial charge on any atom is -0.484 e. The smallest absolute Gasteiger partial charge is 0.264 e. The van der Waals surface area contributed by atoms with Crippen molar-refractivity contribution in [3.63, 3.8) is 0 Å². The molecule has 0 aliphatic carbocycles. The summed E-state index contributed by atoms with van der Waals surface area (Å²) in [6.45, 7) is 5.97. The maximum absolute atomic E-state index is 11.8. The highest BCUT2D eigenvalue weighted by Gasteiger charge is 2.11. The Labute approximate surface area is 135 Å². The molecule has 21 heavy (non-hydrogen) atoms. The number of nitrogens with one attached hydrogen (secondary N) is 1. The second kappa shape index (κ2) is 7.00. The number of ether oxygens (including phenoxy) is 1. The molecule has 112 valence electrons. The summed E-state index contributed by atoms with van der Waals surface area (Å²) in [6, 6.07) is 5.58. The molecule has 0 saturated heterocycles. The molecule has 2 rings (SSSR count). The number of benzene rings is 1. The predicted molar refractivity (Wildman–Crippen MR) is 87.0 cm³/mol. The summed E-state index contributed by atoms with van der Waals surface area (Å²) in [4.78, 5) is 11.8. The number of hydrogen-bond donors (Lipinski definition) is 1. The Morgan fingerprint density at radius 2 is 2.19 bits per heavy atom. The van der Waals surface area contributed by atoms with E-state index in [4.69, 9.17) is 4.74 Å². The van der Waals surface area contributed by atoms with Crippen LogP contribution in [-0.2, 0) is 4.79 Å². The van der Waals surface area contributed by atoms with E-state index in [-0.39, 0.29) is 12.5 Å². The van der Waals surface area contributed by atoms with E-state index >= 15 is 0 Å². The SMILES string of the molecule is Cc1cc(OCC(=O)Nc2nnc(C(C)C)s2)ccc1Br. The van der Waals surface area contributed by atoms with Gasteiger partial charge in [0.25, 0.3) is 5.91 Å². The zero-order valence-corrected chi connectivity index (χ0v) is 14.4. The molecule has 1 aromatic carbocycles. The zero-order chi connectivity index (χ0) is 15.4. The molecule has 0 aliphatic rings. The molecule has 0 bridgehead atoms. The van der Waals surface area contributed by atoms with Gasteiger partial charge in [-0.05, 0) is 30.7 Å². The molecule has 0 aliphatic heterocycles. The van der Waals surface area contributed by atoms with Gasteiger partial charge in [0.05, 0.1) is 0 Å². The highest BCUT2D eigenvalue weighted by molar-refractivity contribution is 9.10. The fourth-order valence-corrected chi connectivity index (χ4v) is 2.54. The first-order valence-corrected chi connectivity index (χ1v) is 8.09. The number of carbonyl (C=O) groups excluding carboxylic acids is 1. The third kappa shape index (κ3) is 4.50. The molecule has 0 spiro atoms. The number of rotatable bonds is 5. The Morgan fingerprint density at radius 1 is 1.43 bits per heavy atom. The first kappa shape index (κ1) is 15.9. The van der Waals surface area contributed by atoms with E-state index in [9.17, 15) is 4.79 Å². The molecule has 0 unspecified atom stereocenters. The van der Waals surface area contributed by atoms with Crippen molar-refractivity contribution in [2.45, 2.75) is 26.7 Å². The average Bonchev–Trinajstić information content (AvgIpc) is 2.89. The molecule has 0 radical (unpaired) electrons. The van der Waals surface area contributed by atoms with Crippen molar-refractivity contribution < 1.29 is 9.53 Å². The minimum absolute atomic E-state index is 0.0579. The van der Waals surface area contributed by atoms with E-state index < -0.39 is 0 Å². The second-order valence-electron chi connectivity index (χ2n) is 4.85. The van der Waals surface area contributed by atoms with Gasteiger partial charge in [-0.15, -0.1) is 10.2 Å². The summed E-state index contributed by atoms with van der Waals surface area (Å²) < 4.78 is 6.46. The van der Waals surface area contributed by atoms with Crippen LogP contribution in [0, 0.1) is 6.92 Å². The van der Waals surface area contributed by atoms with E-state index in [0.717, 1.165) is 15.0 Å². The lowest BCUT2D eigenvalue weighted by atomic mass is 10.2. The number of amides is 1. The third-order valence-corrected chi connectivity index (χ3v) is 4.71. The van der Waals surface area contributed by atoms with Gasteiger partial charge >= 0.3 is 0 Å². The Bertz CT molecular complexity index is 643. The highest BCUT2D eigenvalue weighted by atomic mass is 79.9. The van der Waals surface area contributed by atoms with Crippen LogP contribution < -0.4 is 10.1 Å². The van der Waals surface area contributed by atoms with Crippen molar-refractivity contribution in [2.24, 2.45) is 0 Å². The van der Waals surface area contributed by atoms with Gasteiger partial charge in [0, 0.05) is 10.4 Å². The number of halogens is 1. The number of nitrogens with zero attached hydrogens (tertiary/aromatic N) is 2. The van der Waals surface area contributed by atoms with Gasteiger partial charge in [0.2, 0.25) is 5.13 Å². The quantitative estimate of drug-likeness (QED) is 0.871. The molecule has 0 atom stereocenters. The van der Waals surface area contributed by atoms with E-state index in [1.165, 1.54) is 11.3 Å². The van der Waals surface area contributed by atoms with Crippen LogP contribution in [0.4, 0.5) is 5.13 Å². The largest absolute Gasteiger partial charge is 0.484 e. The fraction of sp³-hybridized carbons (Fsp3) is 0.357. The van der Waals surface area contributed by atoms with E-state index in [1.54, 1.807) is 0 Å². The first-order chi connectivity index (χ1) is 9.95.